The molecule has 0 aliphatic heterocycles. The molecule has 0 saturated carbocycles. The number of aromatic nitrogens is 1. The second kappa shape index (κ2) is 7.24. The van der Waals surface area contributed by atoms with Crippen LogP contribution in [-0.2, 0) is 0 Å². The minimum Gasteiger partial charge on any atom is -0.491 e. The predicted octanol–water partition coefficient (Wildman–Crippen LogP) is 2.78. The van der Waals surface area contributed by atoms with Gasteiger partial charge in [0.05, 0.1) is 19.4 Å². The van der Waals surface area contributed by atoms with Gasteiger partial charge in [-0.3, -0.25) is 4.79 Å². The number of halogens is 3. The van der Waals surface area contributed by atoms with Gasteiger partial charge in [-0.25, -0.2) is 0 Å². The summed E-state index contributed by atoms with van der Waals surface area (Å²) in [6.07, 6.45) is -4.03. The van der Waals surface area contributed by atoms with Crippen LogP contribution in [0.3, 0.4) is 0 Å². The fourth-order valence-electron chi connectivity index (χ4n) is 1.83. The number of rotatable bonds is 7. The number of ether oxygens (including phenoxy) is 2. The molecule has 21 heavy (non-hydrogen) atoms. The molecule has 0 unspecified atom stereocenters. The van der Waals surface area contributed by atoms with Gasteiger partial charge in [-0.2, -0.15) is 13.2 Å². The van der Waals surface area contributed by atoms with Crippen molar-refractivity contribution in [2.75, 3.05) is 19.5 Å². The van der Waals surface area contributed by atoms with E-state index in [0.717, 1.165) is 0 Å². The highest BCUT2D eigenvalue weighted by Crippen LogP contribution is 2.23. The third-order valence-corrected chi connectivity index (χ3v) is 2.89. The Hall–Kier alpha value is -1.86. The van der Waals surface area contributed by atoms with Gasteiger partial charge in [-0.05, 0) is 26.2 Å². The van der Waals surface area contributed by atoms with Crippen molar-refractivity contribution in [1.82, 2.24) is 4.98 Å². The summed E-state index contributed by atoms with van der Waals surface area (Å²) in [7, 11) is 1.36. The zero-order valence-corrected chi connectivity index (χ0v) is 12.0. The zero-order valence-electron chi connectivity index (χ0n) is 12.0. The lowest BCUT2D eigenvalue weighted by Gasteiger charge is -2.12. The molecule has 0 spiro atoms. The van der Waals surface area contributed by atoms with Gasteiger partial charge in [-0.15, -0.1) is 0 Å². The fourth-order valence-corrected chi connectivity index (χ4v) is 1.83. The Morgan fingerprint density at radius 1 is 1.24 bits per heavy atom. The van der Waals surface area contributed by atoms with E-state index < -0.39 is 18.0 Å². The summed E-state index contributed by atoms with van der Waals surface area (Å²) >= 11 is 0. The summed E-state index contributed by atoms with van der Waals surface area (Å²) in [5, 5.41) is 0. The maximum absolute atomic E-state index is 11.9. The first kappa shape index (κ1) is 17.2. The van der Waals surface area contributed by atoms with Crippen LogP contribution < -0.4 is 20.6 Å². The smallest absolute Gasteiger partial charge is 0.389 e. The lowest BCUT2D eigenvalue weighted by atomic mass is 10.2. The quantitative estimate of drug-likeness (QED) is 0.759. The Labute approximate surface area is 120 Å². The van der Waals surface area contributed by atoms with Gasteiger partial charge >= 0.3 is 6.18 Å². The first-order chi connectivity index (χ1) is 9.76. The van der Waals surface area contributed by atoms with E-state index >= 15 is 0 Å². The maximum Gasteiger partial charge on any atom is 0.389 e. The molecule has 0 amide bonds. The van der Waals surface area contributed by atoms with Gasteiger partial charge in [0.15, 0.2) is 5.75 Å². The van der Waals surface area contributed by atoms with Gasteiger partial charge in [0.1, 0.15) is 5.69 Å². The molecule has 0 radical (unpaired) electrons. The molecule has 0 atom stereocenters. The lowest BCUT2D eigenvalue weighted by molar-refractivity contribution is -0.135. The van der Waals surface area contributed by atoms with Crippen molar-refractivity contribution < 1.29 is 22.6 Å². The summed E-state index contributed by atoms with van der Waals surface area (Å²) in [6, 6.07) is 0. The van der Waals surface area contributed by atoms with Crippen LogP contribution in [0, 0.1) is 6.92 Å². The van der Waals surface area contributed by atoms with Gasteiger partial charge < -0.3 is 20.2 Å². The molecular weight excluding hydrogens is 289 g/mol. The first-order valence-electron chi connectivity index (χ1n) is 6.52. The molecule has 1 heterocycles. The number of nitrogens with one attached hydrogen (secondary N) is 1. The van der Waals surface area contributed by atoms with Gasteiger partial charge in [-0.1, -0.05) is 0 Å². The molecule has 0 aliphatic rings. The number of alkyl halides is 3. The Balaban J connectivity index is 2.48. The van der Waals surface area contributed by atoms with Crippen LogP contribution in [0.25, 0.3) is 0 Å². The van der Waals surface area contributed by atoms with Crippen molar-refractivity contribution in [1.29, 1.82) is 0 Å². The van der Waals surface area contributed by atoms with Gasteiger partial charge in [0.25, 0.3) is 0 Å². The molecule has 0 fully saturated rings. The van der Waals surface area contributed by atoms with Crippen LogP contribution >= 0.6 is 0 Å². The van der Waals surface area contributed by atoms with Crippen LogP contribution in [0.5, 0.6) is 11.6 Å². The zero-order chi connectivity index (χ0) is 16.0. The summed E-state index contributed by atoms with van der Waals surface area (Å²) in [5.74, 6) is 0.235. The normalized spacial score (nSPS) is 11.5. The molecule has 1 aromatic rings. The number of nitrogen functional groups attached to an aromatic ring is 1. The minimum atomic E-state index is -4.12. The topological polar surface area (TPSA) is 77.3 Å². The molecule has 1 rings (SSSR count). The third kappa shape index (κ3) is 5.20. The SMILES string of the molecule is COc1c(C)[nH]c(OCCCCCC(F)(F)F)c(N)c1=O. The van der Waals surface area contributed by atoms with Gasteiger partial charge in [0, 0.05) is 6.42 Å². The second-order valence-corrected chi connectivity index (χ2v) is 4.63. The number of nitrogens with two attached hydrogens (primary N) is 1. The van der Waals surface area contributed by atoms with E-state index in [1.165, 1.54) is 7.11 Å². The van der Waals surface area contributed by atoms with Crippen LogP contribution in [0.15, 0.2) is 4.79 Å². The maximum atomic E-state index is 11.9. The average Bonchev–Trinajstić information content (AvgIpc) is 2.38. The lowest BCUT2D eigenvalue weighted by Crippen LogP contribution is -2.16. The van der Waals surface area contributed by atoms with E-state index in [1.54, 1.807) is 6.92 Å². The Morgan fingerprint density at radius 3 is 2.48 bits per heavy atom. The highest BCUT2D eigenvalue weighted by molar-refractivity contribution is 5.53. The summed E-state index contributed by atoms with van der Waals surface area (Å²) in [6.45, 7) is 1.82. The summed E-state index contributed by atoms with van der Waals surface area (Å²) in [5.41, 5.74) is 5.53. The molecule has 1 aromatic heterocycles. The van der Waals surface area contributed by atoms with Crippen molar-refractivity contribution in [3.05, 3.63) is 15.9 Å². The van der Waals surface area contributed by atoms with E-state index in [-0.39, 0.29) is 30.3 Å². The number of unbranched alkanes of at least 4 members (excludes halogenated alkanes) is 2. The fraction of sp³-hybridized carbons (Fsp3) is 0.615. The van der Waals surface area contributed by atoms with Crippen molar-refractivity contribution in [3.8, 4) is 11.6 Å². The van der Waals surface area contributed by atoms with E-state index in [1.807, 2.05) is 0 Å². The van der Waals surface area contributed by atoms with Crippen LogP contribution in [0.4, 0.5) is 18.9 Å². The largest absolute Gasteiger partial charge is 0.491 e. The molecule has 0 saturated heterocycles. The van der Waals surface area contributed by atoms with E-state index in [9.17, 15) is 18.0 Å². The molecule has 0 bridgehead atoms. The molecule has 8 heteroatoms. The summed E-state index contributed by atoms with van der Waals surface area (Å²) < 4.78 is 46.1. The van der Waals surface area contributed by atoms with Crippen molar-refractivity contribution in [2.45, 2.75) is 38.8 Å². The number of aromatic amines is 1. The summed E-state index contributed by atoms with van der Waals surface area (Å²) in [4.78, 5) is 14.6. The van der Waals surface area contributed by atoms with Crippen LogP contribution in [-0.4, -0.2) is 24.9 Å². The highest BCUT2D eigenvalue weighted by Gasteiger charge is 2.25. The number of hydrogen-bond donors (Lipinski definition) is 2. The third-order valence-electron chi connectivity index (χ3n) is 2.89. The van der Waals surface area contributed by atoms with Gasteiger partial charge in [0.2, 0.25) is 11.3 Å². The molecule has 120 valence electrons. The monoisotopic (exact) mass is 308 g/mol. The molecular formula is C13H19F3N2O3. The van der Waals surface area contributed by atoms with E-state index in [0.29, 0.717) is 18.5 Å². The number of aryl methyl sites for hydroxylation is 1. The van der Waals surface area contributed by atoms with Crippen LogP contribution in [0.2, 0.25) is 0 Å². The average molecular weight is 308 g/mol. The Bertz CT molecular complexity index is 527. The predicted molar refractivity (Wildman–Crippen MR) is 72.8 cm³/mol. The van der Waals surface area contributed by atoms with E-state index in [2.05, 4.69) is 4.98 Å². The molecule has 5 nitrogen and oxygen atoms in total. The second-order valence-electron chi connectivity index (χ2n) is 4.63. The number of methoxy groups -OCH3 is 1. The Kier molecular flexibility index (Phi) is 5.92. The number of pyridine rings is 1. The Morgan fingerprint density at radius 2 is 1.90 bits per heavy atom. The molecule has 0 aliphatic carbocycles. The number of anilines is 1. The molecule has 3 N–H and O–H groups in total. The van der Waals surface area contributed by atoms with Crippen molar-refractivity contribution >= 4 is 5.69 Å². The molecule has 0 aromatic carbocycles. The number of H-pyrrole nitrogens is 1. The first-order valence-corrected chi connectivity index (χ1v) is 6.52. The highest BCUT2D eigenvalue weighted by atomic mass is 19.4. The van der Waals surface area contributed by atoms with Crippen molar-refractivity contribution in [2.24, 2.45) is 0 Å². The standard InChI is InChI=1S/C13H19F3N2O3/c1-8-11(20-2)10(19)9(17)12(18-8)21-7-5-3-4-6-13(14,15)16/h3-7,17H2,1-2H3,(H,18,19). The van der Waals surface area contributed by atoms with E-state index in [4.69, 9.17) is 15.2 Å². The number of hydrogen-bond acceptors (Lipinski definition) is 4. The van der Waals surface area contributed by atoms with Crippen molar-refractivity contribution in [3.63, 3.8) is 0 Å². The van der Waals surface area contributed by atoms with Crippen LogP contribution in [0.1, 0.15) is 31.4 Å². The minimum absolute atomic E-state index is 0.0561.